The summed E-state index contributed by atoms with van der Waals surface area (Å²) < 4.78 is 22.0. The van der Waals surface area contributed by atoms with E-state index in [2.05, 4.69) is 19.1 Å². The Balaban J connectivity index is 2.23. The number of aryl methyl sites for hydroxylation is 1. The summed E-state index contributed by atoms with van der Waals surface area (Å²) in [6, 6.07) is 8.13. The molecule has 0 amide bonds. The average Bonchev–Trinajstić information content (AvgIpc) is 2.93. The molecule has 0 aliphatic carbocycles. The van der Waals surface area contributed by atoms with Gasteiger partial charge in [-0.05, 0) is 57.6 Å². The van der Waals surface area contributed by atoms with Crippen molar-refractivity contribution in [2.45, 2.75) is 116 Å². The van der Waals surface area contributed by atoms with Crippen molar-refractivity contribution in [3.8, 4) is 5.75 Å². The molecule has 0 radical (unpaired) electrons. The number of benzene rings is 1. The van der Waals surface area contributed by atoms with Crippen molar-refractivity contribution < 1.29 is 28.2 Å². The number of esters is 1. The molecule has 2 unspecified atom stereocenters. The van der Waals surface area contributed by atoms with Crippen LogP contribution in [0.4, 0.5) is 0 Å². The SMILES string of the molecule is CCCCCCCCCCCCCCc1ccc(OCC(COP(O)OCCCN(C)C)OC(=O)CC)cc1. The number of carbonyl (C=O) groups is 1. The smallest absolute Gasteiger partial charge is 0.329 e. The summed E-state index contributed by atoms with van der Waals surface area (Å²) in [5.41, 5.74) is 1.31. The van der Waals surface area contributed by atoms with E-state index in [4.69, 9.17) is 18.5 Å². The van der Waals surface area contributed by atoms with Crippen molar-refractivity contribution >= 4 is 14.6 Å². The van der Waals surface area contributed by atoms with Gasteiger partial charge in [0.1, 0.15) is 12.4 Å². The largest absolute Gasteiger partial charge is 0.490 e. The summed E-state index contributed by atoms with van der Waals surface area (Å²) in [5, 5.41) is 0. The van der Waals surface area contributed by atoms with E-state index in [1.165, 1.54) is 82.6 Å². The Labute approximate surface area is 239 Å². The van der Waals surface area contributed by atoms with Gasteiger partial charge < -0.3 is 28.3 Å². The van der Waals surface area contributed by atoms with Gasteiger partial charge in [0.2, 0.25) is 0 Å². The first-order valence-corrected chi connectivity index (χ1v) is 16.4. The van der Waals surface area contributed by atoms with E-state index < -0.39 is 14.7 Å². The van der Waals surface area contributed by atoms with Gasteiger partial charge in [0.05, 0.1) is 13.2 Å². The van der Waals surface area contributed by atoms with Gasteiger partial charge in [0, 0.05) is 6.42 Å². The first-order valence-electron chi connectivity index (χ1n) is 15.2. The molecule has 39 heavy (non-hydrogen) atoms. The van der Waals surface area contributed by atoms with Crippen LogP contribution < -0.4 is 4.74 Å². The van der Waals surface area contributed by atoms with E-state index in [1.807, 2.05) is 31.1 Å². The van der Waals surface area contributed by atoms with Gasteiger partial charge in [0.15, 0.2) is 6.10 Å². The minimum Gasteiger partial charge on any atom is -0.490 e. The molecule has 0 saturated heterocycles. The number of unbranched alkanes of at least 4 members (excludes halogenated alkanes) is 11. The zero-order valence-electron chi connectivity index (χ0n) is 25.2. The molecule has 0 fully saturated rings. The maximum absolute atomic E-state index is 11.8. The van der Waals surface area contributed by atoms with Crippen LogP contribution in [0.15, 0.2) is 24.3 Å². The van der Waals surface area contributed by atoms with Gasteiger partial charge >= 0.3 is 14.6 Å². The summed E-state index contributed by atoms with van der Waals surface area (Å²) in [5.74, 6) is 0.385. The van der Waals surface area contributed by atoms with Crippen LogP contribution >= 0.6 is 8.60 Å². The van der Waals surface area contributed by atoms with E-state index >= 15 is 0 Å². The molecule has 0 aliphatic rings. The fourth-order valence-electron chi connectivity index (χ4n) is 4.20. The van der Waals surface area contributed by atoms with Crippen LogP contribution in [-0.4, -0.2) is 62.3 Å². The molecule has 0 spiro atoms. The normalized spacial score (nSPS) is 13.0. The van der Waals surface area contributed by atoms with Crippen molar-refractivity contribution in [3.05, 3.63) is 29.8 Å². The molecule has 0 bridgehead atoms. The highest BCUT2D eigenvalue weighted by Crippen LogP contribution is 2.33. The second-order valence-corrected chi connectivity index (χ2v) is 11.6. The number of hydrogen-bond donors (Lipinski definition) is 1. The topological polar surface area (TPSA) is 77.5 Å². The maximum Gasteiger partial charge on any atom is 0.329 e. The maximum atomic E-state index is 11.8. The highest BCUT2D eigenvalue weighted by Gasteiger charge is 2.18. The molecule has 1 N–H and O–H groups in total. The molecule has 7 nitrogen and oxygen atoms in total. The fourth-order valence-corrected chi connectivity index (χ4v) is 4.86. The molecular formula is C31H56NO6P. The first-order chi connectivity index (χ1) is 18.9. The molecular weight excluding hydrogens is 513 g/mol. The summed E-state index contributed by atoms with van der Waals surface area (Å²) in [4.78, 5) is 23.9. The summed E-state index contributed by atoms with van der Waals surface area (Å²) in [7, 11) is 1.94. The molecule has 0 heterocycles. The molecule has 226 valence electrons. The van der Waals surface area contributed by atoms with Gasteiger partial charge in [-0.3, -0.25) is 4.79 Å². The Hall–Kier alpha value is -1.24. The minimum absolute atomic E-state index is 0.0126. The Morgan fingerprint density at radius 1 is 0.821 bits per heavy atom. The summed E-state index contributed by atoms with van der Waals surface area (Å²) in [6.45, 7) is 5.44. The monoisotopic (exact) mass is 569 g/mol. The highest BCUT2D eigenvalue weighted by molar-refractivity contribution is 7.40. The van der Waals surface area contributed by atoms with Crippen molar-refractivity contribution in [1.82, 2.24) is 4.90 Å². The lowest BCUT2D eigenvalue weighted by molar-refractivity contribution is -0.152. The lowest BCUT2D eigenvalue weighted by Gasteiger charge is -2.20. The molecule has 0 aromatic heterocycles. The molecule has 0 aliphatic heterocycles. The fraction of sp³-hybridized carbons (Fsp3) is 0.774. The lowest BCUT2D eigenvalue weighted by atomic mass is 10.0. The van der Waals surface area contributed by atoms with E-state index in [0.29, 0.717) is 6.61 Å². The second kappa shape index (κ2) is 24.5. The minimum atomic E-state index is -2.02. The number of nitrogens with zero attached hydrogens (tertiary/aromatic N) is 1. The highest BCUT2D eigenvalue weighted by atomic mass is 31.2. The average molecular weight is 570 g/mol. The standard InChI is InChI=1S/C31H56NO6P/c1-5-7-8-9-10-11-12-13-14-15-16-17-19-28-20-22-29(23-21-28)35-26-30(38-31(33)6-2)27-37-39(34)36-25-18-24-32(3)4/h20-23,30,34H,5-19,24-27H2,1-4H3. The number of rotatable bonds is 26. The molecule has 1 aromatic carbocycles. The first kappa shape index (κ1) is 35.8. The van der Waals surface area contributed by atoms with Gasteiger partial charge in [-0.15, -0.1) is 0 Å². The Bertz CT molecular complexity index is 703. The van der Waals surface area contributed by atoms with Crippen molar-refractivity contribution in [3.63, 3.8) is 0 Å². The van der Waals surface area contributed by atoms with E-state index in [0.717, 1.165) is 25.1 Å². The number of hydrogen-bond acceptors (Lipinski definition) is 7. The Morgan fingerprint density at radius 3 is 1.97 bits per heavy atom. The zero-order valence-corrected chi connectivity index (χ0v) is 26.1. The van der Waals surface area contributed by atoms with Crippen LogP contribution in [0, 0.1) is 0 Å². The second-order valence-electron chi connectivity index (χ2n) is 10.6. The third-order valence-electron chi connectivity index (χ3n) is 6.59. The third kappa shape index (κ3) is 21.2. The van der Waals surface area contributed by atoms with Crippen LogP contribution in [-0.2, 0) is 25.0 Å². The molecule has 0 saturated carbocycles. The summed E-state index contributed by atoms with van der Waals surface area (Å²) in [6.07, 6.45) is 17.8. The molecule has 2 atom stereocenters. The van der Waals surface area contributed by atoms with E-state index in [1.54, 1.807) is 6.92 Å². The van der Waals surface area contributed by atoms with Gasteiger partial charge in [-0.2, -0.15) is 0 Å². The van der Waals surface area contributed by atoms with Crippen LogP contribution in [0.2, 0.25) is 0 Å². The van der Waals surface area contributed by atoms with Crippen molar-refractivity contribution in [2.24, 2.45) is 0 Å². The number of ether oxygens (including phenoxy) is 2. The van der Waals surface area contributed by atoms with Crippen LogP contribution in [0.1, 0.15) is 109 Å². The van der Waals surface area contributed by atoms with E-state index in [9.17, 15) is 9.69 Å². The lowest BCUT2D eigenvalue weighted by Crippen LogP contribution is -2.29. The van der Waals surface area contributed by atoms with Crippen LogP contribution in [0.3, 0.4) is 0 Å². The quantitative estimate of drug-likeness (QED) is 0.0692. The molecule has 1 rings (SSSR count). The number of carbonyl (C=O) groups excluding carboxylic acids is 1. The Kier molecular flexibility index (Phi) is 22.5. The van der Waals surface area contributed by atoms with Crippen molar-refractivity contribution in [1.29, 1.82) is 0 Å². The van der Waals surface area contributed by atoms with Crippen LogP contribution in [0.25, 0.3) is 0 Å². The predicted molar refractivity (Wildman–Crippen MR) is 161 cm³/mol. The third-order valence-corrected chi connectivity index (χ3v) is 7.36. The summed E-state index contributed by atoms with van der Waals surface area (Å²) >= 11 is 0. The van der Waals surface area contributed by atoms with Gasteiger partial charge in [-0.1, -0.05) is 96.6 Å². The van der Waals surface area contributed by atoms with E-state index in [-0.39, 0.29) is 25.6 Å². The molecule has 1 aromatic rings. The predicted octanol–water partition coefficient (Wildman–Crippen LogP) is 7.83. The Morgan fingerprint density at radius 2 is 1.41 bits per heavy atom. The van der Waals surface area contributed by atoms with Crippen LogP contribution in [0.5, 0.6) is 5.75 Å². The van der Waals surface area contributed by atoms with Gasteiger partial charge in [0.25, 0.3) is 0 Å². The zero-order chi connectivity index (χ0) is 28.6. The molecule has 8 heteroatoms. The van der Waals surface area contributed by atoms with Gasteiger partial charge in [-0.25, -0.2) is 0 Å². The van der Waals surface area contributed by atoms with Crippen molar-refractivity contribution in [2.75, 3.05) is 40.5 Å².